The van der Waals surface area contributed by atoms with Crippen LogP contribution in [0.5, 0.6) is 0 Å². The van der Waals surface area contributed by atoms with Crippen molar-refractivity contribution in [2.45, 2.75) is 53.8 Å². The zero-order chi connectivity index (χ0) is 38.2. The average Bonchev–Trinajstić information content (AvgIpc) is 3.07. The number of aldehydes is 1. The molecule has 1 N–H and O–H groups in total. The molecule has 274 valence electrons. The molecule has 1 aliphatic heterocycles. The first-order chi connectivity index (χ1) is 23.6. The minimum absolute atomic E-state index is 0.0448. The first kappa shape index (κ1) is 43.8. The van der Waals surface area contributed by atoms with E-state index in [1.54, 1.807) is 19.2 Å². The zero-order valence-electron chi connectivity index (χ0n) is 30.0. The lowest BCUT2D eigenvalue weighted by atomic mass is 9.98. The van der Waals surface area contributed by atoms with Gasteiger partial charge in [0.25, 0.3) is 0 Å². The van der Waals surface area contributed by atoms with Gasteiger partial charge in [0.2, 0.25) is 0 Å². The third-order valence-corrected chi connectivity index (χ3v) is 7.65. The first-order valence-electron chi connectivity index (χ1n) is 16.1. The molecule has 1 unspecified atom stereocenters. The number of anilines is 1. The SMILES string of the molecule is C=C(NCC)c1c(F)cc(N2CCOCC2C(F)(F)F)cc1F.C=C/C(=C(Cl)\C=C(\C)N(C)C)c1ccc(C)c2cccnc12.CC.CC=O. The third-order valence-electron chi connectivity index (χ3n) is 7.34. The molecule has 3 aromatic rings. The highest BCUT2D eigenvalue weighted by Gasteiger charge is 2.45. The predicted octanol–water partition coefficient (Wildman–Crippen LogP) is 9.69. The predicted molar refractivity (Wildman–Crippen MR) is 197 cm³/mol. The molecule has 2 aromatic carbocycles. The standard InChI is InChI=1S/C19H21ClN2.C15H17F5N2O.C2H4O.C2H6/c1-6-15(18(20)12-14(3)22(4)5)17-10-9-13(2)16-8-7-11-21-19(16)17;1-3-21-9(2)14-11(16)6-10(7-12(14)17)22-4-5-23-8-13(22)15(18,19)20;1-2-3;1-2/h6-12H,1H2,2-5H3;6-7,13,21H,2-5,8H2,1H3;2H,1H3;1-2H3/b14-12-,18-15-;;;. The van der Waals surface area contributed by atoms with Crippen molar-refractivity contribution in [3.63, 3.8) is 0 Å². The van der Waals surface area contributed by atoms with E-state index in [1.165, 1.54) is 12.5 Å². The van der Waals surface area contributed by atoms with E-state index in [-0.39, 0.29) is 30.1 Å². The van der Waals surface area contributed by atoms with E-state index in [9.17, 15) is 22.0 Å². The number of hydrogen-bond donors (Lipinski definition) is 1. The lowest BCUT2D eigenvalue weighted by Gasteiger charge is -2.38. The Labute approximate surface area is 298 Å². The Morgan fingerprint density at radius 3 is 2.30 bits per heavy atom. The summed E-state index contributed by atoms with van der Waals surface area (Å²) >= 11 is 6.54. The molecule has 1 aromatic heterocycles. The number of rotatable bonds is 8. The number of allylic oxidation sites excluding steroid dienone is 5. The molecule has 0 radical (unpaired) electrons. The van der Waals surface area contributed by atoms with Crippen LogP contribution in [0.4, 0.5) is 27.6 Å². The number of alkyl halides is 3. The van der Waals surface area contributed by atoms with Gasteiger partial charge in [-0.05, 0) is 57.5 Å². The van der Waals surface area contributed by atoms with Gasteiger partial charge in [0.15, 0.2) is 0 Å². The summed E-state index contributed by atoms with van der Waals surface area (Å²) in [6.45, 7) is 18.5. The Balaban J connectivity index is 0.000000443. The summed E-state index contributed by atoms with van der Waals surface area (Å²) in [5.74, 6) is -1.92. The summed E-state index contributed by atoms with van der Waals surface area (Å²) in [6, 6.07) is 8.04. The van der Waals surface area contributed by atoms with Gasteiger partial charge >= 0.3 is 6.18 Å². The van der Waals surface area contributed by atoms with Crippen LogP contribution in [0.1, 0.15) is 51.3 Å². The Kier molecular flexibility index (Phi) is 18.5. The molecule has 12 heteroatoms. The van der Waals surface area contributed by atoms with Crippen molar-refractivity contribution < 1.29 is 31.5 Å². The number of fused-ring (bicyclic) bond motifs is 1. The number of morpholine rings is 1. The molecule has 1 atom stereocenters. The molecule has 1 saturated heterocycles. The van der Waals surface area contributed by atoms with Gasteiger partial charge in [0, 0.05) is 67.0 Å². The summed E-state index contributed by atoms with van der Waals surface area (Å²) in [5.41, 5.74) is 4.64. The van der Waals surface area contributed by atoms with Crippen molar-refractivity contribution in [1.29, 1.82) is 0 Å². The van der Waals surface area contributed by atoms with Crippen LogP contribution in [0.3, 0.4) is 0 Å². The lowest BCUT2D eigenvalue weighted by molar-refractivity contribution is -0.167. The van der Waals surface area contributed by atoms with Gasteiger partial charge in [-0.25, -0.2) is 8.78 Å². The number of ether oxygens (including phenoxy) is 1. The van der Waals surface area contributed by atoms with Gasteiger partial charge in [-0.3, -0.25) is 4.98 Å². The fraction of sp³-hybridized carbons (Fsp3) is 0.368. The maximum Gasteiger partial charge on any atom is 0.411 e. The smallest absolute Gasteiger partial charge is 0.385 e. The van der Waals surface area contributed by atoms with Crippen molar-refractivity contribution in [2.24, 2.45) is 0 Å². The van der Waals surface area contributed by atoms with E-state index in [0.717, 1.165) is 51.1 Å². The summed E-state index contributed by atoms with van der Waals surface area (Å²) < 4.78 is 72.4. The molecule has 4 rings (SSSR count). The van der Waals surface area contributed by atoms with Gasteiger partial charge in [-0.2, -0.15) is 13.2 Å². The monoisotopic (exact) mass is 722 g/mol. The number of nitrogens with zero attached hydrogens (tertiary/aromatic N) is 3. The highest BCUT2D eigenvalue weighted by molar-refractivity contribution is 6.35. The first-order valence-corrected chi connectivity index (χ1v) is 16.5. The fourth-order valence-electron chi connectivity index (χ4n) is 4.76. The quantitative estimate of drug-likeness (QED) is 0.142. The largest absolute Gasteiger partial charge is 0.411 e. The highest BCUT2D eigenvalue weighted by atomic mass is 35.5. The van der Waals surface area contributed by atoms with Gasteiger partial charge in [-0.1, -0.05) is 62.9 Å². The molecular weight excluding hydrogens is 675 g/mol. The van der Waals surface area contributed by atoms with Crippen molar-refractivity contribution in [1.82, 2.24) is 15.2 Å². The minimum atomic E-state index is -4.56. The van der Waals surface area contributed by atoms with Crippen LogP contribution in [0.25, 0.3) is 22.2 Å². The molecule has 0 bridgehead atoms. The molecule has 1 aliphatic rings. The summed E-state index contributed by atoms with van der Waals surface area (Å²) in [6.07, 6.45) is 1.74. The van der Waals surface area contributed by atoms with Gasteiger partial charge in [-0.15, -0.1) is 0 Å². The topological polar surface area (TPSA) is 57.7 Å². The van der Waals surface area contributed by atoms with Crippen LogP contribution in [0, 0.1) is 18.6 Å². The number of carbonyl (C=O) groups excluding carboxylic acids is 1. The molecule has 6 nitrogen and oxygen atoms in total. The molecule has 2 heterocycles. The summed E-state index contributed by atoms with van der Waals surface area (Å²) in [4.78, 5) is 16.3. The second-order valence-corrected chi connectivity index (χ2v) is 11.2. The maximum atomic E-state index is 14.2. The van der Waals surface area contributed by atoms with E-state index < -0.39 is 30.5 Å². The van der Waals surface area contributed by atoms with Crippen molar-refractivity contribution >= 4 is 45.7 Å². The number of aromatic nitrogens is 1. The Morgan fingerprint density at radius 2 is 1.78 bits per heavy atom. The molecular formula is C38H48ClF5N4O2. The van der Waals surface area contributed by atoms with E-state index in [2.05, 4.69) is 48.6 Å². The highest BCUT2D eigenvalue weighted by Crippen LogP contribution is 2.34. The average molecular weight is 723 g/mol. The minimum Gasteiger partial charge on any atom is -0.385 e. The van der Waals surface area contributed by atoms with E-state index in [0.29, 0.717) is 11.6 Å². The van der Waals surface area contributed by atoms with Crippen LogP contribution in [0.15, 0.2) is 78.6 Å². The third kappa shape index (κ3) is 12.0. The van der Waals surface area contributed by atoms with Gasteiger partial charge < -0.3 is 24.6 Å². The van der Waals surface area contributed by atoms with Gasteiger partial charge in [0.1, 0.15) is 24.0 Å². The van der Waals surface area contributed by atoms with E-state index >= 15 is 0 Å². The zero-order valence-corrected chi connectivity index (χ0v) is 30.8. The van der Waals surface area contributed by atoms with E-state index in [1.807, 2.05) is 51.9 Å². The number of nitrogens with one attached hydrogen (secondary N) is 1. The lowest BCUT2D eigenvalue weighted by Crippen LogP contribution is -2.53. The molecule has 1 fully saturated rings. The van der Waals surface area contributed by atoms with Crippen molar-refractivity contribution in [2.75, 3.05) is 45.3 Å². The number of benzene rings is 2. The number of aryl methyl sites for hydroxylation is 1. The van der Waals surface area contributed by atoms with Crippen LogP contribution >= 0.6 is 11.6 Å². The molecule has 0 aliphatic carbocycles. The summed E-state index contributed by atoms with van der Waals surface area (Å²) in [5, 5.41) is 4.49. The van der Waals surface area contributed by atoms with Crippen LogP contribution in [-0.4, -0.2) is 68.8 Å². The van der Waals surface area contributed by atoms with Crippen LogP contribution < -0.4 is 10.2 Å². The fourth-order valence-corrected chi connectivity index (χ4v) is 5.10. The normalized spacial score (nSPS) is 14.8. The van der Waals surface area contributed by atoms with Crippen LogP contribution in [-0.2, 0) is 9.53 Å². The second-order valence-electron chi connectivity index (χ2n) is 10.8. The summed E-state index contributed by atoms with van der Waals surface area (Å²) in [7, 11) is 3.98. The Bertz CT molecular complexity index is 1630. The molecule has 0 spiro atoms. The molecule has 50 heavy (non-hydrogen) atoms. The van der Waals surface area contributed by atoms with Crippen molar-refractivity contribution in [3.05, 3.63) is 107 Å². The molecule has 0 amide bonds. The van der Waals surface area contributed by atoms with Crippen molar-refractivity contribution in [3.8, 4) is 0 Å². The Morgan fingerprint density at radius 1 is 1.18 bits per heavy atom. The number of hydrogen-bond acceptors (Lipinski definition) is 6. The maximum absolute atomic E-state index is 14.2. The second kappa shape index (κ2) is 21.1. The van der Waals surface area contributed by atoms with Gasteiger partial charge in [0.05, 0.1) is 29.3 Å². The number of halogens is 6. The Hall–Kier alpha value is -4.22. The van der Waals surface area contributed by atoms with Crippen LogP contribution in [0.2, 0.25) is 0 Å². The molecule has 0 saturated carbocycles. The number of pyridine rings is 1. The number of carbonyl (C=O) groups is 1. The van der Waals surface area contributed by atoms with E-state index in [4.69, 9.17) is 21.1 Å².